The monoisotopic (exact) mass is 375 g/mol. The molecule has 2 aromatic rings. The van der Waals surface area contributed by atoms with Gasteiger partial charge in [0.05, 0.1) is 17.9 Å². The van der Waals surface area contributed by atoms with Gasteiger partial charge in [-0.25, -0.2) is 13.1 Å². The smallest absolute Gasteiger partial charge is 0.214 e. The van der Waals surface area contributed by atoms with Crippen LogP contribution in [0.4, 0.5) is 0 Å². The molecule has 0 amide bonds. The van der Waals surface area contributed by atoms with Gasteiger partial charge in [-0.15, -0.1) is 0 Å². The zero-order valence-electron chi connectivity index (χ0n) is 15.1. The first-order chi connectivity index (χ1) is 12.3. The van der Waals surface area contributed by atoms with E-state index < -0.39 is 26.9 Å². The van der Waals surface area contributed by atoms with Gasteiger partial charge in [0.2, 0.25) is 10.0 Å². The fourth-order valence-electron chi connectivity index (χ4n) is 3.13. The van der Waals surface area contributed by atoms with E-state index in [4.69, 9.17) is 4.74 Å². The van der Waals surface area contributed by atoms with Crippen LogP contribution in [0.3, 0.4) is 0 Å². The highest BCUT2D eigenvalue weighted by molar-refractivity contribution is 7.90. The van der Waals surface area contributed by atoms with Crippen molar-refractivity contribution in [1.82, 2.24) is 4.72 Å². The van der Waals surface area contributed by atoms with Crippen molar-refractivity contribution in [3.05, 3.63) is 60.2 Å². The number of hydrogen-bond donors (Lipinski definition) is 2. The number of aliphatic hydroxyl groups is 1. The lowest BCUT2D eigenvalue weighted by Crippen LogP contribution is -2.57. The minimum atomic E-state index is -3.52. The summed E-state index contributed by atoms with van der Waals surface area (Å²) in [6, 6.07) is 16.9. The van der Waals surface area contributed by atoms with E-state index >= 15 is 0 Å². The minimum Gasteiger partial charge on any atom is -0.383 e. The van der Waals surface area contributed by atoms with Gasteiger partial charge >= 0.3 is 0 Å². The second kappa shape index (κ2) is 7.48. The summed E-state index contributed by atoms with van der Waals surface area (Å²) >= 11 is 0. The molecule has 1 aliphatic heterocycles. The Morgan fingerprint density at radius 2 is 1.69 bits per heavy atom. The highest BCUT2D eigenvalue weighted by atomic mass is 32.2. The lowest BCUT2D eigenvalue weighted by atomic mass is 9.82. The van der Waals surface area contributed by atoms with Crippen LogP contribution in [-0.2, 0) is 20.4 Å². The van der Waals surface area contributed by atoms with Gasteiger partial charge < -0.3 is 9.84 Å². The summed E-state index contributed by atoms with van der Waals surface area (Å²) in [6.07, 6.45) is 0.336. The van der Waals surface area contributed by atoms with Crippen LogP contribution in [0.2, 0.25) is 0 Å². The fraction of sp³-hybridized carbons (Fsp3) is 0.400. The van der Waals surface area contributed by atoms with Crippen molar-refractivity contribution < 1.29 is 18.3 Å². The topological polar surface area (TPSA) is 75.6 Å². The Bertz CT molecular complexity index is 834. The van der Waals surface area contributed by atoms with Gasteiger partial charge in [-0.2, -0.15) is 0 Å². The van der Waals surface area contributed by atoms with Crippen molar-refractivity contribution in [1.29, 1.82) is 0 Å². The molecule has 2 aromatic carbocycles. The average molecular weight is 375 g/mol. The van der Waals surface area contributed by atoms with E-state index in [1.54, 1.807) is 13.8 Å². The number of rotatable bonds is 5. The van der Waals surface area contributed by atoms with Crippen molar-refractivity contribution in [3.8, 4) is 11.1 Å². The summed E-state index contributed by atoms with van der Waals surface area (Å²) in [5.74, 6) is 0. The third-order valence-corrected chi connectivity index (χ3v) is 6.76. The maximum atomic E-state index is 12.3. The standard InChI is InChI=1S/C20H25NO4S/c1-15(2)26(23,24)21-19-14-25-13-12-20(19,22)18-10-8-17(9-11-18)16-6-4-3-5-7-16/h3-11,15,19,21-22H,12-14H2,1-2H3/t19-,20+/m1/s1. The summed E-state index contributed by atoms with van der Waals surface area (Å²) in [6.45, 7) is 3.75. The molecule has 1 saturated heterocycles. The van der Waals surface area contributed by atoms with E-state index in [2.05, 4.69) is 4.72 Å². The summed E-state index contributed by atoms with van der Waals surface area (Å²) in [4.78, 5) is 0. The van der Waals surface area contributed by atoms with Crippen LogP contribution in [0, 0.1) is 0 Å². The summed E-state index contributed by atoms with van der Waals surface area (Å²) < 4.78 is 32.6. The van der Waals surface area contributed by atoms with Gasteiger partial charge in [0.15, 0.2) is 0 Å². The Morgan fingerprint density at radius 3 is 2.31 bits per heavy atom. The molecule has 0 spiro atoms. The summed E-state index contributed by atoms with van der Waals surface area (Å²) in [5.41, 5.74) is 1.53. The van der Waals surface area contributed by atoms with Crippen molar-refractivity contribution in [2.75, 3.05) is 13.2 Å². The fourth-order valence-corrected chi connectivity index (χ4v) is 4.07. The molecule has 0 radical (unpaired) electrons. The van der Waals surface area contributed by atoms with E-state index in [1.165, 1.54) is 0 Å². The van der Waals surface area contributed by atoms with Crippen LogP contribution in [0.25, 0.3) is 11.1 Å². The molecule has 0 bridgehead atoms. The molecule has 2 N–H and O–H groups in total. The Balaban J connectivity index is 1.89. The molecule has 0 aliphatic carbocycles. The predicted molar refractivity (Wildman–Crippen MR) is 102 cm³/mol. The van der Waals surface area contributed by atoms with Crippen molar-refractivity contribution in [2.45, 2.75) is 37.2 Å². The number of ether oxygens (including phenoxy) is 1. The SMILES string of the molecule is CC(C)S(=O)(=O)N[C@@H]1COCC[C@]1(O)c1ccc(-c2ccccc2)cc1. The number of hydrogen-bond acceptors (Lipinski definition) is 4. The molecule has 0 saturated carbocycles. The molecule has 5 nitrogen and oxygen atoms in total. The van der Waals surface area contributed by atoms with Crippen LogP contribution in [0.1, 0.15) is 25.8 Å². The van der Waals surface area contributed by atoms with Gasteiger partial charge in [-0.05, 0) is 30.5 Å². The quantitative estimate of drug-likeness (QED) is 0.842. The third-order valence-electron chi connectivity index (χ3n) is 4.91. The molecule has 140 valence electrons. The molecule has 2 atom stereocenters. The first-order valence-electron chi connectivity index (χ1n) is 8.80. The average Bonchev–Trinajstić information content (AvgIpc) is 2.64. The molecule has 0 unspecified atom stereocenters. The van der Waals surface area contributed by atoms with Crippen molar-refractivity contribution in [2.24, 2.45) is 0 Å². The minimum absolute atomic E-state index is 0.142. The first-order valence-corrected chi connectivity index (χ1v) is 10.3. The molecule has 0 aromatic heterocycles. The second-order valence-electron chi connectivity index (χ2n) is 6.96. The zero-order chi connectivity index (χ0) is 18.8. The highest BCUT2D eigenvalue weighted by Gasteiger charge is 2.43. The summed E-state index contributed by atoms with van der Waals surface area (Å²) in [7, 11) is -3.52. The lowest BCUT2D eigenvalue weighted by molar-refractivity contribution is -0.0898. The molecule has 26 heavy (non-hydrogen) atoms. The van der Waals surface area contributed by atoms with Crippen molar-refractivity contribution in [3.63, 3.8) is 0 Å². The normalized spacial score (nSPS) is 23.9. The molecule has 1 aliphatic rings. The van der Waals surface area contributed by atoms with Crippen LogP contribution in [0.15, 0.2) is 54.6 Å². The van der Waals surface area contributed by atoms with Gasteiger partial charge in [-0.1, -0.05) is 54.6 Å². The van der Waals surface area contributed by atoms with Gasteiger partial charge in [0.25, 0.3) is 0 Å². The maximum Gasteiger partial charge on any atom is 0.214 e. The number of benzene rings is 2. The Labute approximate surface area is 155 Å². The van der Waals surface area contributed by atoms with E-state index in [0.717, 1.165) is 11.1 Å². The first kappa shape index (κ1) is 19.0. The van der Waals surface area contributed by atoms with Gasteiger partial charge in [0, 0.05) is 13.0 Å². The Morgan fingerprint density at radius 1 is 1.08 bits per heavy atom. The maximum absolute atomic E-state index is 12.3. The molecular weight excluding hydrogens is 350 g/mol. The zero-order valence-corrected chi connectivity index (χ0v) is 15.9. The van der Waals surface area contributed by atoms with Crippen molar-refractivity contribution >= 4 is 10.0 Å². The van der Waals surface area contributed by atoms with E-state index in [9.17, 15) is 13.5 Å². The second-order valence-corrected chi connectivity index (χ2v) is 9.23. The van der Waals surface area contributed by atoms with Crippen LogP contribution < -0.4 is 4.72 Å². The molecule has 3 rings (SSSR count). The summed E-state index contributed by atoms with van der Waals surface area (Å²) in [5, 5.41) is 10.7. The Kier molecular flexibility index (Phi) is 5.48. The Hall–Kier alpha value is -1.73. The molecule has 6 heteroatoms. The third kappa shape index (κ3) is 3.83. The van der Waals surface area contributed by atoms with E-state index in [0.29, 0.717) is 18.6 Å². The van der Waals surface area contributed by atoms with Crippen LogP contribution in [0.5, 0.6) is 0 Å². The molecule has 1 heterocycles. The van der Waals surface area contributed by atoms with E-state index in [1.807, 2.05) is 54.6 Å². The predicted octanol–water partition coefficient (Wildman–Crippen LogP) is 2.66. The van der Waals surface area contributed by atoms with Crippen LogP contribution in [-0.4, -0.2) is 38.0 Å². The van der Waals surface area contributed by atoms with Gasteiger partial charge in [-0.3, -0.25) is 0 Å². The van der Waals surface area contributed by atoms with E-state index in [-0.39, 0.29) is 6.61 Å². The largest absolute Gasteiger partial charge is 0.383 e. The molecular formula is C20H25NO4S. The van der Waals surface area contributed by atoms with Crippen LogP contribution >= 0.6 is 0 Å². The van der Waals surface area contributed by atoms with Gasteiger partial charge in [0.1, 0.15) is 5.60 Å². The highest BCUT2D eigenvalue weighted by Crippen LogP contribution is 2.34. The molecule has 1 fully saturated rings. The number of sulfonamides is 1. The lowest BCUT2D eigenvalue weighted by Gasteiger charge is -2.40. The number of nitrogens with one attached hydrogen (secondary N) is 1.